The molecule has 0 aliphatic carbocycles. The number of fused-ring (bicyclic) bond motifs is 1. The van der Waals surface area contributed by atoms with Gasteiger partial charge in [0, 0.05) is 18.2 Å². The summed E-state index contributed by atoms with van der Waals surface area (Å²) in [5.41, 5.74) is -3.99. The Hall–Kier alpha value is -2.86. The van der Waals surface area contributed by atoms with Gasteiger partial charge in [-0.1, -0.05) is 29.3 Å². The maximum Gasteiger partial charge on any atom is 0.416 e. The number of carbonyl (C=O) groups excluding carboxylic acids is 2. The van der Waals surface area contributed by atoms with Crippen molar-refractivity contribution in [1.82, 2.24) is 4.90 Å². The van der Waals surface area contributed by atoms with Gasteiger partial charge in [0.15, 0.2) is 0 Å². The lowest BCUT2D eigenvalue weighted by Gasteiger charge is -2.43. The molecular formula is C26H26Cl2F6N2O4. The van der Waals surface area contributed by atoms with Gasteiger partial charge in [0.25, 0.3) is 0 Å². The smallest absolute Gasteiger partial charge is 0.416 e. The predicted molar refractivity (Wildman–Crippen MR) is 136 cm³/mol. The summed E-state index contributed by atoms with van der Waals surface area (Å²) in [6.45, 7) is 5.92. The summed E-state index contributed by atoms with van der Waals surface area (Å²) in [7, 11) is 1.03. The summed E-state index contributed by atoms with van der Waals surface area (Å²) in [6.07, 6.45) is -11.9. The van der Waals surface area contributed by atoms with E-state index in [2.05, 4.69) is 0 Å². The lowest BCUT2D eigenvalue weighted by atomic mass is 9.90. The van der Waals surface area contributed by atoms with E-state index in [-0.39, 0.29) is 33.8 Å². The van der Waals surface area contributed by atoms with E-state index >= 15 is 0 Å². The molecule has 0 aromatic heterocycles. The van der Waals surface area contributed by atoms with Crippen LogP contribution in [-0.4, -0.2) is 35.8 Å². The Bertz CT molecular complexity index is 1260. The third-order valence-corrected chi connectivity index (χ3v) is 6.88. The fraction of sp³-hybridized carbons (Fsp3) is 0.462. The van der Waals surface area contributed by atoms with Gasteiger partial charge in [-0.2, -0.15) is 26.3 Å². The molecule has 0 fully saturated rings. The summed E-state index contributed by atoms with van der Waals surface area (Å²) in [4.78, 5) is 28.3. The average molecular weight is 615 g/mol. The summed E-state index contributed by atoms with van der Waals surface area (Å²) >= 11 is 12.7. The van der Waals surface area contributed by atoms with Crippen molar-refractivity contribution < 1.29 is 45.4 Å². The van der Waals surface area contributed by atoms with Gasteiger partial charge in [-0.3, -0.25) is 9.80 Å². The number of nitrogens with zero attached hydrogens (tertiary/aromatic N) is 2. The number of ether oxygens (including phenoxy) is 2. The van der Waals surface area contributed by atoms with E-state index in [9.17, 15) is 35.9 Å². The number of amides is 2. The van der Waals surface area contributed by atoms with Crippen LogP contribution >= 0.6 is 23.2 Å². The third-order valence-electron chi connectivity index (χ3n) is 6.08. The molecule has 14 heteroatoms. The fourth-order valence-corrected chi connectivity index (χ4v) is 4.86. The standard InChI is InChI=1S/C26H26Cl2F6N2O4/c1-13-8-19(17-6-7-18(27)20(28)21(17)36(13)23(38)40-24(2,3)4)35(22(37)39-5)12-14-9-15(25(29,30)31)11-16(10-14)26(32,33)34/h6-7,9-11,13,19H,8,12H2,1-5H3/t13-,19+/m1/s1. The first-order valence-corrected chi connectivity index (χ1v) is 12.6. The first-order chi connectivity index (χ1) is 18.2. The maximum atomic E-state index is 13.5. The molecule has 2 aromatic carbocycles. The van der Waals surface area contributed by atoms with Crippen LogP contribution in [0.5, 0.6) is 0 Å². The van der Waals surface area contributed by atoms with Crippen LogP contribution in [0.2, 0.25) is 10.0 Å². The molecule has 0 bridgehead atoms. The Kier molecular flexibility index (Phi) is 8.86. The minimum atomic E-state index is -5.07. The van der Waals surface area contributed by atoms with Gasteiger partial charge >= 0.3 is 24.5 Å². The van der Waals surface area contributed by atoms with Gasteiger partial charge in [-0.15, -0.1) is 0 Å². The van der Waals surface area contributed by atoms with Gasteiger partial charge in [0.1, 0.15) is 5.60 Å². The SMILES string of the molecule is COC(=O)N(Cc1cc(C(F)(F)F)cc(C(F)(F)F)c1)[C@H]1C[C@@H](C)N(C(=O)OC(C)(C)C)c2c1ccc(Cl)c2Cl. The average Bonchev–Trinajstić information content (AvgIpc) is 2.81. The second kappa shape index (κ2) is 11.2. The van der Waals surface area contributed by atoms with E-state index in [1.807, 2.05) is 0 Å². The van der Waals surface area contributed by atoms with Crippen molar-refractivity contribution in [2.24, 2.45) is 0 Å². The number of benzene rings is 2. The van der Waals surface area contributed by atoms with Gasteiger partial charge in [-0.25, -0.2) is 9.59 Å². The zero-order chi connectivity index (χ0) is 30.4. The molecule has 2 atom stereocenters. The first-order valence-electron chi connectivity index (χ1n) is 11.9. The quantitative estimate of drug-likeness (QED) is 0.324. The Balaban J connectivity index is 2.16. The highest BCUT2D eigenvalue weighted by molar-refractivity contribution is 6.44. The van der Waals surface area contributed by atoms with Crippen LogP contribution in [0.4, 0.5) is 41.6 Å². The predicted octanol–water partition coefficient (Wildman–Crippen LogP) is 8.87. The van der Waals surface area contributed by atoms with Crippen LogP contribution in [0.3, 0.4) is 0 Å². The molecule has 40 heavy (non-hydrogen) atoms. The highest BCUT2D eigenvalue weighted by atomic mass is 35.5. The van der Waals surface area contributed by atoms with Crippen LogP contribution in [-0.2, 0) is 28.4 Å². The molecule has 1 aliphatic heterocycles. The Morgan fingerprint density at radius 1 is 1.00 bits per heavy atom. The molecule has 6 nitrogen and oxygen atoms in total. The van der Waals surface area contributed by atoms with Crippen molar-refractivity contribution in [3.8, 4) is 0 Å². The minimum Gasteiger partial charge on any atom is -0.453 e. The number of hydrogen-bond acceptors (Lipinski definition) is 4. The second-order valence-corrected chi connectivity index (χ2v) is 11.0. The van der Waals surface area contributed by atoms with E-state index in [0.29, 0.717) is 12.1 Å². The molecule has 3 rings (SSSR count). The van der Waals surface area contributed by atoms with Crippen LogP contribution in [0.15, 0.2) is 30.3 Å². The number of hydrogen-bond donors (Lipinski definition) is 0. The molecular weight excluding hydrogens is 589 g/mol. The number of methoxy groups -OCH3 is 1. The van der Waals surface area contributed by atoms with Crippen LogP contribution in [0, 0.1) is 0 Å². The molecule has 0 saturated carbocycles. The highest BCUT2D eigenvalue weighted by Crippen LogP contribution is 2.48. The minimum absolute atomic E-state index is 0.00441. The molecule has 0 unspecified atom stereocenters. The van der Waals surface area contributed by atoms with Crippen molar-refractivity contribution in [2.75, 3.05) is 12.0 Å². The van der Waals surface area contributed by atoms with Gasteiger partial charge < -0.3 is 9.47 Å². The zero-order valence-corrected chi connectivity index (χ0v) is 23.5. The summed E-state index contributed by atoms with van der Waals surface area (Å²) in [6, 6.07) is 2.30. The summed E-state index contributed by atoms with van der Waals surface area (Å²) < 4.78 is 91.2. The van der Waals surface area contributed by atoms with Crippen molar-refractivity contribution in [3.05, 3.63) is 62.6 Å². The maximum absolute atomic E-state index is 13.5. The Morgan fingerprint density at radius 2 is 1.55 bits per heavy atom. The Morgan fingerprint density at radius 3 is 2.02 bits per heavy atom. The van der Waals surface area contributed by atoms with Gasteiger partial charge in [0.05, 0.1) is 40.0 Å². The van der Waals surface area contributed by atoms with Crippen molar-refractivity contribution in [2.45, 2.75) is 70.7 Å². The van der Waals surface area contributed by atoms with Crippen molar-refractivity contribution in [1.29, 1.82) is 0 Å². The van der Waals surface area contributed by atoms with Crippen molar-refractivity contribution in [3.63, 3.8) is 0 Å². The molecule has 0 saturated heterocycles. The fourth-order valence-electron chi connectivity index (χ4n) is 4.45. The molecule has 2 aromatic rings. The molecule has 0 spiro atoms. The summed E-state index contributed by atoms with van der Waals surface area (Å²) in [5, 5.41) is 0.0176. The van der Waals surface area contributed by atoms with E-state index in [1.165, 1.54) is 17.0 Å². The first kappa shape index (κ1) is 31.7. The topological polar surface area (TPSA) is 59.1 Å². The van der Waals surface area contributed by atoms with Gasteiger partial charge in [-0.05, 0) is 63.9 Å². The van der Waals surface area contributed by atoms with Crippen LogP contribution in [0.1, 0.15) is 62.4 Å². The summed E-state index contributed by atoms with van der Waals surface area (Å²) in [5.74, 6) is 0. The lowest BCUT2D eigenvalue weighted by molar-refractivity contribution is -0.143. The van der Waals surface area contributed by atoms with E-state index in [4.69, 9.17) is 32.7 Å². The van der Waals surface area contributed by atoms with E-state index < -0.39 is 65.5 Å². The van der Waals surface area contributed by atoms with Gasteiger partial charge in [0.2, 0.25) is 0 Å². The molecule has 1 heterocycles. The number of carbonyl (C=O) groups is 2. The molecule has 1 aliphatic rings. The third kappa shape index (κ3) is 6.88. The van der Waals surface area contributed by atoms with E-state index in [1.54, 1.807) is 27.7 Å². The molecule has 0 N–H and O–H groups in total. The van der Waals surface area contributed by atoms with Crippen LogP contribution < -0.4 is 4.90 Å². The second-order valence-electron chi connectivity index (χ2n) is 10.3. The zero-order valence-electron chi connectivity index (χ0n) is 22.0. The van der Waals surface area contributed by atoms with Crippen molar-refractivity contribution >= 4 is 41.1 Å². The lowest BCUT2D eigenvalue weighted by Crippen LogP contribution is -2.49. The number of alkyl halides is 6. The highest BCUT2D eigenvalue weighted by Gasteiger charge is 2.42. The normalized spacial score (nSPS) is 17.8. The van der Waals surface area contributed by atoms with E-state index in [0.717, 1.165) is 12.0 Å². The molecule has 0 radical (unpaired) electrons. The molecule has 220 valence electrons. The monoisotopic (exact) mass is 614 g/mol. The number of rotatable bonds is 3. The Labute approximate surface area is 236 Å². The molecule has 2 amide bonds. The largest absolute Gasteiger partial charge is 0.453 e. The number of halogens is 8. The number of anilines is 1. The van der Waals surface area contributed by atoms with Crippen LogP contribution in [0.25, 0.3) is 0 Å².